The normalized spacial score (nSPS) is 26.6. The van der Waals surface area contributed by atoms with E-state index in [-0.39, 0.29) is 23.8 Å². The molecule has 3 rings (SSSR count). The maximum absolute atomic E-state index is 12.4. The van der Waals surface area contributed by atoms with Gasteiger partial charge in [-0.25, -0.2) is 0 Å². The van der Waals surface area contributed by atoms with Gasteiger partial charge in [0.1, 0.15) is 0 Å². The lowest BCUT2D eigenvalue weighted by Crippen LogP contribution is -2.36. The fraction of sp³-hybridized carbons (Fsp3) is 0.667. The second kappa shape index (κ2) is 6.77. The molecule has 0 spiro atoms. The summed E-state index contributed by atoms with van der Waals surface area (Å²) in [6.45, 7) is 5.66. The van der Waals surface area contributed by atoms with Crippen molar-refractivity contribution in [2.45, 2.75) is 45.6 Å². The van der Waals surface area contributed by atoms with Gasteiger partial charge in [-0.3, -0.25) is 9.59 Å². The Morgan fingerprint density at radius 1 is 1.30 bits per heavy atom. The van der Waals surface area contributed by atoms with E-state index in [4.69, 9.17) is 0 Å². The van der Waals surface area contributed by atoms with Crippen molar-refractivity contribution in [3.8, 4) is 0 Å². The molecule has 2 fully saturated rings. The molecule has 0 radical (unpaired) electrons. The Hall–Kier alpha value is -1.78. The standard InChI is InChI=1S/C18H27N3O2/c1-12(2)20-18(23)13-8-14-10-21(11-15(14)9-13)17(22)6-5-16-4-3-7-19-16/h3-4,7,12-15,19H,5-6,8-11H2,1-2H3,(H,20,23)/t13?,14-,15+. The summed E-state index contributed by atoms with van der Waals surface area (Å²) in [6, 6.07) is 4.18. The number of carbonyl (C=O) groups excluding carboxylic acids is 2. The van der Waals surface area contributed by atoms with Gasteiger partial charge in [0.15, 0.2) is 0 Å². The van der Waals surface area contributed by atoms with Gasteiger partial charge in [0.2, 0.25) is 11.8 Å². The molecule has 0 aromatic carbocycles. The molecule has 2 N–H and O–H groups in total. The van der Waals surface area contributed by atoms with Crippen LogP contribution in [0.15, 0.2) is 18.3 Å². The molecule has 1 saturated heterocycles. The summed E-state index contributed by atoms with van der Waals surface area (Å²) < 4.78 is 0. The van der Waals surface area contributed by atoms with Crippen LogP contribution in [0.5, 0.6) is 0 Å². The summed E-state index contributed by atoms with van der Waals surface area (Å²) in [6.07, 6.45) is 5.10. The first kappa shape index (κ1) is 16.1. The topological polar surface area (TPSA) is 65.2 Å². The van der Waals surface area contributed by atoms with Crippen LogP contribution in [0.4, 0.5) is 0 Å². The summed E-state index contributed by atoms with van der Waals surface area (Å²) in [5, 5.41) is 3.02. The lowest BCUT2D eigenvalue weighted by atomic mass is 10.0. The van der Waals surface area contributed by atoms with Gasteiger partial charge in [-0.2, -0.15) is 0 Å². The number of amides is 2. The molecule has 3 atom stereocenters. The number of likely N-dealkylation sites (tertiary alicyclic amines) is 1. The Kier molecular flexibility index (Phi) is 4.74. The van der Waals surface area contributed by atoms with E-state index in [1.54, 1.807) is 0 Å². The molecule has 126 valence electrons. The number of H-pyrrole nitrogens is 1. The second-order valence-electron chi connectivity index (χ2n) is 7.35. The van der Waals surface area contributed by atoms with E-state index < -0.39 is 0 Å². The summed E-state index contributed by atoms with van der Waals surface area (Å²) in [5.41, 5.74) is 1.11. The Morgan fingerprint density at radius 2 is 2.00 bits per heavy atom. The Morgan fingerprint density at radius 3 is 2.57 bits per heavy atom. The summed E-state index contributed by atoms with van der Waals surface area (Å²) in [7, 11) is 0. The molecule has 2 amide bonds. The number of fused-ring (bicyclic) bond motifs is 1. The zero-order valence-electron chi connectivity index (χ0n) is 14.0. The van der Waals surface area contributed by atoms with Crippen LogP contribution in [0.25, 0.3) is 0 Å². The highest BCUT2D eigenvalue weighted by Gasteiger charge is 2.44. The van der Waals surface area contributed by atoms with E-state index in [0.717, 1.165) is 38.0 Å². The van der Waals surface area contributed by atoms with Crippen LogP contribution in [0.1, 0.15) is 38.8 Å². The highest BCUT2D eigenvalue weighted by molar-refractivity contribution is 5.80. The number of hydrogen-bond acceptors (Lipinski definition) is 2. The van der Waals surface area contributed by atoms with Crippen LogP contribution in [-0.4, -0.2) is 40.8 Å². The molecule has 1 aliphatic heterocycles. The molecule has 5 nitrogen and oxygen atoms in total. The monoisotopic (exact) mass is 317 g/mol. The molecule has 0 bridgehead atoms. The number of nitrogens with zero attached hydrogens (tertiary/aromatic N) is 1. The first-order chi connectivity index (χ1) is 11.0. The fourth-order valence-electron chi connectivity index (χ4n) is 4.04. The van der Waals surface area contributed by atoms with Gasteiger partial charge in [-0.15, -0.1) is 0 Å². The summed E-state index contributed by atoms with van der Waals surface area (Å²) in [5.74, 6) is 1.60. The minimum Gasteiger partial charge on any atom is -0.365 e. The average Bonchev–Trinajstić information content (AvgIpc) is 3.19. The van der Waals surface area contributed by atoms with E-state index in [1.165, 1.54) is 0 Å². The molecule has 2 aliphatic rings. The van der Waals surface area contributed by atoms with Crippen LogP contribution in [-0.2, 0) is 16.0 Å². The van der Waals surface area contributed by atoms with Crippen molar-refractivity contribution in [2.24, 2.45) is 17.8 Å². The fourth-order valence-corrected chi connectivity index (χ4v) is 4.04. The molecule has 23 heavy (non-hydrogen) atoms. The van der Waals surface area contributed by atoms with E-state index in [9.17, 15) is 9.59 Å². The molecule has 1 aromatic heterocycles. The van der Waals surface area contributed by atoms with Gasteiger partial charge in [-0.05, 0) is 57.1 Å². The molecule has 1 aromatic rings. The summed E-state index contributed by atoms with van der Waals surface area (Å²) >= 11 is 0. The van der Waals surface area contributed by atoms with Gasteiger partial charge in [0.25, 0.3) is 0 Å². The van der Waals surface area contributed by atoms with Crippen molar-refractivity contribution >= 4 is 11.8 Å². The number of carbonyl (C=O) groups is 2. The smallest absolute Gasteiger partial charge is 0.223 e. The third kappa shape index (κ3) is 3.77. The molecular formula is C18H27N3O2. The molecule has 2 heterocycles. The molecule has 1 saturated carbocycles. The number of nitrogens with one attached hydrogen (secondary N) is 2. The predicted octanol–water partition coefficient (Wildman–Crippen LogP) is 1.96. The number of aromatic amines is 1. The van der Waals surface area contributed by atoms with Gasteiger partial charge < -0.3 is 15.2 Å². The third-order valence-electron chi connectivity index (χ3n) is 5.18. The van der Waals surface area contributed by atoms with Gasteiger partial charge in [0, 0.05) is 43.4 Å². The summed E-state index contributed by atoms with van der Waals surface area (Å²) in [4.78, 5) is 29.7. The lowest BCUT2D eigenvalue weighted by Gasteiger charge is -2.19. The first-order valence-corrected chi connectivity index (χ1v) is 8.73. The Labute approximate surface area is 137 Å². The lowest BCUT2D eigenvalue weighted by molar-refractivity contribution is -0.130. The van der Waals surface area contributed by atoms with E-state index in [1.807, 2.05) is 37.1 Å². The quantitative estimate of drug-likeness (QED) is 0.872. The molecule has 5 heteroatoms. The predicted molar refractivity (Wildman–Crippen MR) is 88.7 cm³/mol. The highest BCUT2D eigenvalue weighted by atomic mass is 16.2. The van der Waals surface area contributed by atoms with Gasteiger partial charge in [0.05, 0.1) is 0 Å². The van der Waals surface area contributed by atoms with Gasteiger partial charge in [-0.1, -0.05) is 0 Å². The van der Waals surface area contributed by atoms with Crippen molar-refractivity contribution < 1.29 is 9.59 Å². The largest absolute Gasteiger partial charge is 0.365 e. The number of hydrogen-bond donors (Lipinski definition) is 2. The minimum absolute atomic E-state index is 0.142. The van der Waals surface area contributed by atoms with Crippen LogP contribution >= 0.6 is 0 Å². The Bertz CT molecular complexity index is 539. The van der Waals surface area contributed by atoms with Crippen molar-refractivity contribution in [2.75, 3.05) is 13.1 Å². The van der Waals surface area contributed by atoms with Crippen molar-refractivity contribution in [1.82, 2.24) is 15.2 Å². The number of aryl methyl sites for hydroxylation is 1. The van der Waals surface area contributed by atoms with Crippen LogP contribution < -0.4 is 5.32 Å². The first-order valence-electron chi connectivity index (χ1n) is 8.73. The zero-order chi connectivity index (χ0) is 16.4. The van der Waals surface area contributed by atoms with E-state index in [2.05, 4.69) is 10.3 Å². The third-order valence-corrected chi connectivity index (χ3v) is 5.18. The average molecular weight is 317 g/mol. The molecule has 1 aliphatic carbocycles. The maximum Gasteiger partial charge on any atom is 0.223 e. The Balaban J connectivity index is 1.46. The van der Waals surface area contributed by atoms with Crippen molar-refractivity contribution in [3.05, 3.63) is 24.0 Å². The molecular weight excluding hydrogens is 290 g/mol. The molecule has 1 unspecified atom stereocenters. The number of rotatable bonds is 5. The highest BCUT2D eigenvalue weighted by Crippen LogP contribution is 2.41. The minimum atomic E-state index is 0.142. The van der Waals surface area contributed by atoms with E-state index in [0.29, 0.717) is 18.3 Å². The zero-order valence-corrected chi connectivity index (χ0v) is 14.0. The van der Waals surface area contributed by atoms with E-state index >= 15 is 0 Å². The van der Waals surface area contributed by atoms with Gasteiger partial charge >= 0.3 is 0 Å². The second-order valence-corrected chi connectivity index (χ2v) is 7.35. The van der Waals surface area contributed by atoms with Crippen LogP contribution in [0.2, 0.25) is 0 Å². The van der Waals surface area contributed by atoms with Crippen LogP contribution in [0.3, 0.4) is 0 Å². The number of aromatic nitrogens is 1. The maximum atomic E-state index is 12.4. The van der Waals surface area contributed by atoms with Crippen LogP contribution in [0, 0.1) is 17.8 Å². The SMILES string of the molecule is CC(C)NC(=O)C1C[C@@H]2CN(C(=O)CCc3ccc[nH]3)C[C@@H]2C1. The van der Waals surface area contributed by atoms with Crippen molar-refractivity contribution in [3.63, 3.8) is 0 Å². The van der Waals surface area contributed by atoms with Crippen molar-refractivity contribution in [1.29, 1.82) is 0 Å².